The van der Waals surface area contributed by atoms with Crippen LogP contribution in [0, 0.1) is 6.92 Å². The van der Waals surface area contributed by atoms with Crippen molar-refractivity contribution < 1.29 is 9.53 Å². The van der Waals surface area contributed by atoms with Crippen LogP contribution in [0.1, 0.15) is 26.3 Å². The van der Waals surface area contributed by atoms with Crippen molar-refractivity contribution in [1.29, 1.82) is 0 Å². The molecule has 0 bridgehead atoms. The number of nitrogens with zero attached hydrogens (tertiary/aromatic N) is 3. The monoisotopic (exact) mass is 385 g/mol. The number of anilines is 2. The van der Waals surface area contributed by atoms with Crippen molar-refractivity contribution in [3.05, 3.63) is 41.0 Å². The highest BCUT2D eigenvalue weighted by molar-refractivity contribution is 6.35. The molecule has 3 N–H and O–H groups in total. The van der Waals surface area contributed by atoms with Crippen molar-refractivity contribution >= 4 is 40.2 Å². The van der Waals surface area contributed by atoms with Crippen LogP contribution >= 0.6 is 11.6 Å². The number of fused-ring (bicyclic) bond motifs is 1. The minimum atomic E-state index is -0.578. The fourth-order valence-electron chi connectivity index (χ4n) is 2.62. The molecule has 0 saturated carbocycles. The molecule has 0 spiro atoms. The van der Waals surface area contributed by atoms with Crippen molar-refractivity contribution in [1.82, 2.24) is 15.2 Å². The van der Waals surface area contributed by atoms with Gasteiger partial charge in [-0.05, 0) is 63.1 Å². The highest BCUT2D eigenvalue weighted by Gasteiger charge is 2.17. The van der Waals surface area contributed by atoms with Gasteiger partial charge in [-0.1, -0.05) is 11.6 Å². The Bertz CT molecular complexity index is 1030. The van der Waals surface area contributed by atoms with Crippen molar-refractivity contribution in [3.63, 3.8) is 0 Å². The van der Waals surface area contributed by atoms with E-state index in [0.717, 1.165) is 22.1 Å². The number of nitrogen functional groups attached to an aromatic ring is 1. The lowest BCUT2D eigenvalue weighted by Gasteiger charge is -2.19. The maximum Gasteiger partial charge on any atom is 0.413 e. The van der Waals surface area contributed by atoms with E-state index in [0.29, 0.717) is 22.2 Å². The van der Waals surface area contributed by atoms with Gasteiger partial charge in [-0.3, -0.25) is 5.32 Å². The summed E-state index contributed by atoms with van der Waals surface area (Å²) in [6, 6.07) is 7.23. The number of benzene rings is 1. The first-order chi connectivity index (χ1) is 12.6. The summed E-state index contributed by atoms with van der Waals surface area (Å²) in [4.78, 5) is 16.2. The first-order valence-corrected chi connectivity index (χ1v) is 8.70. The number of pyridine rings is 1. The lowest BCUT2D eigenvalue weighted by Crippen LogP contribution is -2.27. The Morgan fingerprint density at radius 1 is 1.19 bits per heavy atom. The largest absolute Gasteiger partial charge is 0.444 e. The Balaban J connectivity index is 1.92. The summed E-state index contributed by atoms with van der Waals surface area (Å²) in [7, 11) is 0. The smallest absolute Gasteiger partial charge is 0.413 e. The Morgan fingerprint density at radius 2 is 1.93 bits per heavy atom. The number of hydrogen-bond donors (Lipinski definition) is 2. The highest BCUT2D eigenvalue weighted by Crippen LogP contribution is 2.32. The average molecular weight is 386 g/mol. The summed E-state index contributed by atoms with van der Waals surface area (Å²) in [5, 5.41) is 11.8. The number of nitrogens with one attached hydrogen (secondary N) is 1. The van der Waals surface area contributed by atoms with Gasteiger partial charge in [-0.2, -0.15) is 0 Å². The molecule has 3 rings (SSSR count). The number of aryl methyl sites for hydroxylation is 1. The van der Waals surface area contributed by atoms with E-state index in [9.17, 15) is 4.79 Å². The lowest BCUT2D eigenvalue weighted by atomic mass is 10.0. The molecule has 0 fully saturated rings. The van der Waals surface area contributed by atoms with Crippen LogP contribution in [0.4, 0.5) is 16.4 Å². The molecule has 1 amide bonds. The third-order valence-electron chi connectivity index (χ3n) is 3.71. The molecular weight excluding hydrogens is 366 g/mol. The Morgan fingerprint density at radius 3 is 2.59 bits per heavy atom. The fraction of sp³-hybridized carbons (Fsp3) is 0.263. The topological polar surface area (TPSA) is 103 Å². The minimum Gasteiger partial charge on any atom is -0.444 e. The summed E-state index contributed by atoms with van der Waals surface area (Å²) in [5.41, 5.74) is 8.40. The molecule has 27 heavy (non-hydrogen) atoms. The average Bonchev–Trinajstić information content (AvgIpc) is 2.52. The van der Waals surface area contributed by atoms with Crippen LogP contribution in [0.25, 0.3) is 22.0 Å². The normalized spacial score (nSPS) is 11.4. The zero-order valence-electron chi connectivity index (χ0n) is 15.5. The number of hydrogen-bond acceptors (Lipinski definition) is 6. The molecule has 7 nitrogen and oxygen atoms in total. The third kappa shape index (κ3) is 4.43. The summed E-state index contributed by atoms with van der Waals surface area (Å²) < 4.78 is 5.24. The standard InChI is InChI=1S/C19H20ClN5O2/c1-10-5-16(23-18(26)27-19(2,3)4)22-9-13(10)11-6-12-8-15(21)24-25-17(12)14(20)7-11/h5-9H,1-4H3,(H2,21,24)(H,22,23,26). The highest BCUT2D eigenvalue weighted by atomic mass is 35.5. The maximum atomic E-state index is 11.9. The zero-order chi connectivity index (χ0) is 19.8. The van der Waals surface area contributed by atoms with Gasteiger partial charge in [0.2, 0.25) is 0 Å². The van der Waals surface area contributed by atoms with E-state index in [-0.39, 0.29) is 0 Å². The predicted octanol–water partition coefficient (Wildman–Crippen LogP) is 4.58. The molecule has 0 aliphatic carbocycles. The Labute approximate surface area is 161 Å². The molecule has 140 valence electrons. The van der Waals surface area contributed by atoms with Crippen molar-refractivity contribution in [2.75, 3.05) is 11.1 Å². The molecule has 2 aromatic heterocycles. The molecule has 3 aromatic rings. The molecule has 0 aliphatic heterocycles. The van der Waals surface area contributed by atoms with Crippen LogP contribution in [-0.2, 0) is 4.74 Å². The van der Waals surface area contributed by atoms with Crippen LogP contribution in [0.3, 0.4) is 0 Å². The van der Waals surface area contributed by atoms with Crippen LogP contribution in [0.5, 0.6) is 0 Å². The minimum absolute atomic E-state index is 0.322. The van der Waals surface area contributed by atoms with Crippen LogP contribution in [-0.4, -0.2) is 26.9 Å². The van der Waals surface area contributed by atoms with Gasteiger partial charge in [-0.15, -0.1) is 10.2 Å². The molecule has 8 heteroatoms. The number of halogens is 1. The second kappa shape index (κ2) is 7.00. The van der Waals surface area contributed by atoms with E-state index >= 15 is 0 Å². The molecule has 0 aliphatic rings. The van der Waals surface area contributed by atoms with E-state index in [2.05, 4.69) is 20.5 Å². The summed E-state index contributed by atoms with van der Waals surface area (Å²) in [6.07, 6.45) is 1.13. The van der Waals surface area contributed by atoms with Gasteiger partial charge >= 0.3 is 6.09 Å². The molecule has 0 atom stereocenters. The van der Waals surface area contributed by atoms with Crippen molar-refractivity contribution in [2.24, 2.45) is 0 Å². The SMILES string of the molecule is Cc1cc(NC(=O)OC(C)(C)C)ncc1-c1cc(Cl)c2nnc(N)cc2c1. The molecule has 0 unspecified atom stereocenters. The number of carbonyl (C=O) groups excluding carboxylic acids is 1. The van der Waals surface area contributed by atoms with Crippen LogP contribution in [0.15, 0.2) is 30.5 Å². The van der Waals surface area contributed by atoms with Gasteiger partial charge in [-0.25, -0.2) is 9.78 Å². The summed E-state index contributed by atoms with van der Waals surface area (Å²) >= 11 is 6.34. The first kappa shape index (κ1) is 18.8. The fourth-order valence-corrected chi connectivity index (χ4v) is 2.89. The van der Waals surface area contributed by atoms with E-state index < -0.39 is 11.7 Å². The van der Waals surface area contributed by atoms with Crippen molar-refractivity contribution in [2.45, 2.75) is 33.3 Å². The van der Waals surface area contributed by atoms with E-state index in [4.69, 9.17) is 22.1 Å². The van der Waals surface area contributed by atoms with Crippen LogP contribution in [0.2, 0.25) is 5.02 Å². The Hall–Kier alpha value is -2.93. The van der Waals surface area contributed by atoms with E-state index in [1.54, 1.807) is 45.2 Å². The van der Waals surface area contributed by atoms with E-state index in [1.165, 1.54) is 0 Å². The molecule has 0 radical (unpaired) electrons. The lowest BCUT2D eigenvalue weighted by molar-refractivity contribution is 0.0635. The maximum absolute atomic E-state index is 11.9. The third-order valence-corrected chi connectivity index (χ3v) is 4.00. The predicted molar refractivity (Wildman–Crippen MR) is 107 cm³/mol. The molecule has 2 heterocycles. The number of ether oxygens (including phenoxy) is 1. The second-order valence-corrected chi connectivity index (χ2v) is 7.58. The van der Waals surface area contributed by atoms with Crippen molar-refractivity contribution in [3.8, 4) is 11.1 Å². The molecule has 0 saturated heterocycles. The number of nitrogens with two attached hydrogens (primary N) is 1. The van der Waals surface area contributed by atoms with Gasteiger partial charge in [0.05, 0.1) is 5.02 Å². The number of aromatic nitrogens is 3. The van der Waals surface area contributed by atoms with Gasteiger partial charge in [0.15, 0.2) is 0 Å². The first-order valence-electron chi connectivity index (χ1n) is 8.32. The van der Waals surface area contributed by atoms with Gasteiger partial charge in [0, 0.05) is 17.1 Å². The number of rotatable bonds is 2. The number of amides is 1. The van der Waals surface area contributed by atoms with E-state index in [1.807, 2.05) is 13.0 Å². The van der Waals surface area contributed by atoms with Crippen LogP contribution < -0.4 is 11.1 Å². The number of carbonyl (C=O) groups is 1. The zero-order valence-corrected chi connectivity index (χ0v) is 16.3. The molecular formula is C19H20ClN5O2. The summed E-state index contributed by atoms with van der Waals surface area (Å²) in [5.74, 6) is 0.731. The molecule has 1 aromatic carbocycles. The van der Waals surface area contributed by atoms with Gasteiger partial charge in [0.25, 0.3) is 0 Å². The second-order valence-electron chi connectivity index (χ2n) is 7.18. The quantitative estimate of drug-likeness (QED) is 0.669. The summed E-state index contributed by atoms with van der Waals surface area (Å²) in [6.45, 7) is 7.33. The Kier molecular flexibility index (Phi) is 4.89. The van der Waals surface area contributed by atoms with Gasteiger partial charge < -0.3 is 10.5 Å². The van der Waals surface area contributed by atoms with Gasteiger partial charge in [0.1, 0.15) is 22.8 Å².